The summed E-state index contributed by atoms with van der Waals surface area (Å²) in [5.41, 5.74) is 0. The summed E-state index contributed by atoms with van der Waals surface area (Å²) in [6, 6.07) is 0. The van der Waals surface area contributed by atoms with Gasteiger partial charge in [0.15, 0.2) is 0 Å². The summed E-state index contributed by atoms with van der Waals surface area (Å²) in [6.07, 6.45) is 15.8. The summed E-state index contributed by atoms with van der Waals surface area (Å²) in [6.45, 7) is 9.34. The van der Waals surface area contributed by atoms with E-state index in [4.69, 9.17) is 0 Å². The van der Waals surface area contributed by atoms with Crippen LogP contribution < -0.4 is 0 Å². The first-order valence-corrected chi connectivity index (χ1v) is 8.85. The minimum atomic E-state index is 0. The molecule has 0 aromatic heterocycles. The van der Waals surface area contributed by atoms with Gasteiger partial charge in [0, 0.05) is 0 Å². The van der Waals surface area contributed by atoms with E-state index in [2.05, 4.69) is 36.9 Å². The van der Waals surface area contributed by atoms with E-state index in [9.17, 15) is 0 Å². The minimum Gasteiger partial charge on any atom is -0.131 e. The zero-order chi connectivity index (χ0) is 13.9. The molecule has 0 aliphatic heterocycles. The molecule has 0 N–H and O–H groups in total. The molecule has 2 atom stereocenters. The van der Waals surface area contributed by atoms with Crippen LogP contribution in [0.4, 0.5) is 0 Å². The molecule has 0 nitrogen and oxygen atoms in total. The van der Waals surface area contributed by atoms with E-state index in [1.165, 1.54) is 70.6 Å². The van der Waals surface area contributed by atoms with Crippen LogP contribution in [-0.2, 0) is 0 Å². The Balaban J connectivity index is 0. The minimum absolute atomic E-state index is 0. The van der Waals surface area contributed by atoms with Crippen LogP contribution in [0.2, 0.25) is 0 Å². The first-order valence-electron chi connectivity index (χ1n) is 8.27. The van der Waals surface area contributed by atoms with Crippen LogP contribution >= 0.6 is 33.2 Å². The van der Waals surface area contributed by atoms with Gasteiger partial charge in [-0.25, -0.2) is 0 Å². The fourth-order valence-electron chi connectivity index (χ4n) is 2.31. The lowest BCUT2D eigenvalue weighted by atomic mass is 9.91. The second-order valence-electron chi connectivity index (χ2n) is 6.69. The molecule has 0 aliphatic rings. The second kappa shape index (κ2) is 14.1. The van der Waals surface area contributed by atoms with Crippen molar-refractivity contribution in [3.63, 3.8) is 0 Å². The molecule has 0 heterocycles. The van der Waals surface area contributed by atoms with Gasteiger partial charge in [-0.1, -0.05) is 91.9 Å². The van der Waals surface area contributed by atoms with Gasteiger partial charge < -0.3 is 0 Å². The summed E-state index contributed by atoms with van der Waals surface area (Å²) >= 11 is 0. The van der Waals surface area contributed by atoms with Crippen LogP contribution in [0, 0.1) is 5.92 Å². The van der Waals surface area contributed by atoms with Gasteiger partial charge in [0.25, 0.3) is 0 Å². The highest BCUT2D eigenvalue weighted by Gasteiger charge is 2.19. The predicted octanol–water partition coefficient (Wildman–Crippen LogP) is 7.21. The van der Waals surface area contributed by atoms with E-state index < -0.39 is 0 Å². The molecule has 0 spiro atoms. The van der Waals surface area contributed by atoms with Crippen LogP contribution in [0.3, 0.4) is 0 Å². The smallest absolute Gasteiger partial charge is 0.0181 e. The zero-order valence-electron chi connectivity index (χ0n) is 13.8. The second-order valence-corrected chi connectivity index (χ2v) is 8.18. The zero-order valence-corrected chi connectivity index (χ0v) is 17.3. The van der Waals surface area contributed by atoms with Gasteiger partial charge >= 0.3 is 0 Å². The summed E-state index contributed by atoms with van der Waals surface area (Å²) in [7, 11) is 2.99. The van der Waals surface area contributed by atoms with Gasteiger partial charge in [0.1, 0.15) is 0 Å². The number of hydrogen-bond acceptors (Lipinski definition) is 0. The third kappa shape index (κ3) is 15.4. The number of hydrogen-bond donors (Lipinski definition) is 0. The first-order chi connectivity index (χ1) is 8.48. The van der Waals surface area contributed by atoms with Crippen molar-refractivity contribution in [3.8, 4) is 0 Å². The van der Waals surface area contributed by atoms with Gasteiger partial charge in [0.05, 0.1) is 0 Å². The highest BCUT2D eigenvalue weighted by molar-refractivity contribution is 14.0. The van der Waals surface area contributed by atoms with E-state index in [-0.39, 0.29) is 24.0 Å². The fourth-order valence-corrected chi connectivity index (χ4v) is 2.48. The van der Waals surface area contributed by atoms with E-state index in [1.54, 1.807) is 0 Å². The van der Waals surface area contributed by atoms with Crippen LogP contribution in [-0.4, -0.2) is 5.16 Å². The van der Waals surface area contributed by atoms with Crippen LogP contribution in [0.25, 0.3) is 0 Å². The molecular weight excluding hydrogens is 362 g/mol. The van der Waals surface area contributed by atoms with Crippen LogP contribution in [0.15, 0.2) is 0 Å². The molecule has 0 fully saturated rings. The van der Waals surface area contributed by atoms with Crippen molar-refractivity contribution >= 4 is 33.2 Å². The molecule has 0 amide bonds. The molecule has 0 aromatic rings. The normalized spacial score (nSPS) is 13.1. The Morgan fingerprint density at radius 2 is 1.16 bits per heavy atom. The maximum absolute atomic E-state index is 2.99. The van der Waals surface area contributed by atoms with Crippen LogP contribution in [0.1, 0.15) is 98.3 Å². The van der Waals surface area contributed by atoms with Crippen molar-refractivity contribution in [1.82, 2.24) is 0 Å². The molecule has 2 unspecified atom stereocenters. The Morgan fingerprint density at radius 3 is 1.53 bits per heavy atom. The summed E-state index contributed by atoms with van der Waals surface area (Å²) in [4.78, 5) is 0. The van der Waals surface area contributed by atoms with Crippen molar-refractivity contribution in [2.45, 2.75) is 103 Å². The topological polar surface area (TPSA) is 0 Å². The summed E-state index contributed by atoms with van der Waals surface area (Å²) in [5.74, 6) is 0.830. The molecule has 0 rings (SSSR count). The lowest BCUT2D eigenvalue weighted by molar-refractivity contribution is 0.406. The quantitative estimate of drug-likeness (QED) is 0.185. The summed E-state index contributed by atoms with van der Waals surface area (Å²) in [5, 5.41) is 0.416. The molecule has 0 saturated heterocycles. The molecule has 0 aliphatic carbocycles. The third-order valence-electron chi connectivity index (χ3n) is 4.26. The molecule has 0 bridgehead atoms. The Hall–Kier alpha value is 1.16. The molecule has 2 heteroatoms. The molecule has 118 valence electrons. The van der Waals surface area contributed by atoms with E-state index in [0.29, 0.717) is 5.16 Å². The Labute approximate surface area is 142 Å². The molecule has 19 heavy (non-hydrogen) atoms. The maximum atomic E-state index is 2.99. The van der Waals surface area contributed by atoms with Crippen molar-refractivity contribution in [1.29, 1.82) is 0 Å². The number of halogens is 1. The van der Waals surface area contributed by atoms with Crippen molar-refractivity contribution < 1.29 is 0 Å². The van der Waals surface area contributed by atoms with Gasteiger partial charge in [-0.3, -0.25) is 0 Å². The SMILES string of the molecule is CCCCCCCCCCCCC(C)C(C)(C)P.I. The largest absolute Gasteiger partial charge is 0.131 e. The number of unbranched alkanes of at least 4 members (excludes halogenated alkanes) is 9. The molecular formula is C17H38IP. The lowest BCUT2D eigenvalue weighted by Gasteiger charge is -2.26. The highest BCUT2D eigenvalue weighted by Crippen LogP contribution is 2.30. The molecule has 0 saturated carbocycles. The van der Waals surface area contributed by atoms with Gasteiger partial charge in [-0.15, -0.1) is 33.2 Å². The summed E-state index contributed by atoms with van der Waals surface area (Å²) < 4.78 is 0. The van der Waals surface area contributed by atoms with E-state index >= 15 is 0 Å². The van der Waals surface area contributed by atoms with Gasteiger partial charge in [-0.2, -0.15) is 0 Å². The highest BCUT2D eigenvalue weighted by atomic mass is 127. The Kier molecular flexibility index (Phi) is 16.7. The predicted molar refractivity (Wildman–Crippen MR) is 105 cm³/mol. The van der Waals surface area contributed by atoms with E-state index in [0.717, 1.165) is 5.92 Å². The third-order valence-corrected chi connectivity index (χ3v) is 4.83. The Morgan fingerprint density at radius 1 is 0.789 bits per heavy atom. The van der Waals surface area contributed by atoms with Crippen LogP contribution in [0.5, 0.6) is 0 Å². The number of rotatable bonds is 12. The van der Waals surface area contributed by atoms with Crippen molar-refractivity contribution in [2.75, 3.05) is 0 Å². The standard InChI is InChI=1S/C17H37P.HI/c1-5-6-7-8-9-10-11-12-13-14-15-16(2)17(3,4)18;/h16H,5-15,18H2,1-4H3;1H. The Bertz CT molecular complexity index is 175. The molecule has 0 aromatic carbocycles. The van der Waals surface area contributed by atoms with E-state index in [1.807, 2.05) is 0 Å². The van der Waals surface area contributed by atoms with Crippen molar-refractivity contribution in [3.05, 3.63) is 0 Å². The molecule has 0 radical (unpaired) electrons. The van der Waals surface area contributed by atoms with Gasteiger partial charge in [0.2, 0.25) is 0 Å². The lowest BCUT2D eigenvalue weighted by Crippen LogP contribution is -2.20. The average molecular weight is 400 g/mol. The maximum Gasteiger partial charge on any atom is -0.0181 e. The fraction of sp³-hybridized carbons (Fsp3) is 1.00. The first kappa shape index (κ1) is 22.4. The van der Waals surface area contributed by atoms with Gasteiger partial charge in [-0.05, 0) is 17.5 Å². The monoisotopic (exact) mass is 400 g/mol. The average Bonchev–Trinajstić information content (AvgIpc) is 2.30. The van der Waals surface area contributed by atoms with Crippen molar-refractivity contribution in [2.24, 2.45) is 5.92 Å².